The Hall–Kier alpha value is -1.30. The molecule has 0 spiro atoms. The number of carbonyl (C=O) groups excluding carboxylic acids is 1. The number of amides is 2. The summed E-state index contributed by atoms with van der Waals surface area (Å²) in [6.45, 7) is 4.79. The molecule has 114 valence electrons. The van der Waals surface area contributed by atoms with Gasteiger partial charge in [-0.15, -0.1) is 0 Å². The standard InChI is InChI=1S/C14H24N2O4/c1-10-7-16(8-12(10)13(17)18)14(19)15-5-2-6-20-9-11-3-4-11/h10-12H,2-9H2,1H3,(H,15,19)(H,17,18). The van der Waals surface area contributed by atoms with E-state index in [1.807, 2.05) is 6.92 Å². The number of rotatable bonds is 7. The Morgan fingerprint density at radius 1 is 1.35 bits per heavy atom. The molecule has 2 amide bonds. The third-order valence-corrected chi connectivity index (χ3v) is 4.01. The van der Waals surface area contributed by atoms with Crippen molar-refractivity contribution in [3.63, 3.8) is 0 Å². The van der Waals surface area contributed by atoms with Crippen LogP contribution in [0.5, 0.6) is 0 Å². The van der Waals surface area contributed by atoms with E-state index in [2.05, 4.69) is 5.32 Å². The second-order valence-corrected chi connectivity index (χ2v) is 5.93. The SMILES string of the molecule is CC1CN(C(=O)NCCCOCC2CC2)CC1C(=O)O. The zero-order valence-electron chi connectivity index (χ0n) is 12.0. The van der Waals surface area contributed by atoms with Crippen molar-refractivity contribution in [3.05, 3.63) is 0 Å². The molecule has 0 aromatic carbocycles. The van der Waals surface area contributed by atoms with Crippen molar-refractivity contribution in [2.45, 2.75) is 26.2 Å². The summed E-state index contributed by atoms with van der Waals surface area (Å²) >= 11 is 0. The molecular weight excluding hydrogens is 260 g/mol. The average molecular weight is 284 g/mol. The number of ether oxygens (including phenoxy) is 1. The van der Waals surface area contributed by atoms with Gasteiger partial charge in [0.15, 0.2) is 0 Å². The molecule has 2 N–H and O–H groups in total. The van der Waals surface area contributed by atoms with Crippen LogP contribution >= 0.6 is 0 Å². The number of aliphatic carboxylic acids is 1. The molecule has 2 fully saturated rings. The van der Waals surface area contributed by atoms with Crippen LogP contribution in [0.1, 0.15) is 26.2 Å². The van der Waals surface area contributed by atoms with Crippen LogP contribution in [0, 0.1) is 17.8 Å². The van der Waals surface area contributed by atoms with Crippen molar-refractivity contribution in [1.29, 1.82) is 0 Å². The molecular formula is C14H24N2O4. The Kier molecular flexibility index (Phi) is 5.23. The molecule has 2 rings (SSSR count). The zero-order valence-corrected chi connectivity index (χ0v) is 12.0. The van der Waals surface area contributed by atoms with Crippen molar-refractivity contribution >= 4 is 12.0 Å². The van der Waals surface area contributed by atoms with E-state index in [-0.39, 0.29) is 11.9 Å². The number of carboxylic acids is 1. The first-order chi connectivity index (χ1) is 9.58. The summed E-state index contributed by atoms with van der Waals surface area (Å²) in [6, 6.07) is -0.164. The summed E-state index contributed by atoms with van der Waals surface area (Å²) in [6.07, 6.45) is 3.37. The molecule has 0 bridgehead atoms. The maximum absolute atomic E-state index is 11.9. The van der Waals surface area contributed by atoms with Crippen LogP contribution in [0.15, 0.2) is 0 Å². The lowest BCUT2D eigenvalue weighted by molar-refractivity contribution is -0.142. The third-order valence-electron chi connectivity index (χ3n) is 4.01. The molecule has 0 aromatic rings. The molecule has 2 atom stereocenters. The molecule has 20 heavy (non-hydrogen) atoms. The number of carbonyl (C=O) groups is 2. The molecule has 2 aliphatic rings. The summed E-state index contributed by atoms with van der Waals surface area (Å²) in [5, 5.41) is 11.9. The van der Waals surface area contributed by atoms with Crippen LogP contribution in [0.3, 0.4) is 0 Å². The van der Waals surface area contributed by atoms with E-state index >= 15 is 0 Å². The quantitative estimate of drug-likeness (QED) is 0.688. The highest BCUT2D eigenvalue weighted by Gasteiger charge is 2.36. The molecule has 1 heterocycles. The summed E-state index contributed by atoms with van der Waals surface area (Å²) < 4.78 is 5.49. The van der Waals surface area contributed by atoms with E-state index in [0.717, 1.165) is 18.9 Å². The summed E-state index contributed by atoms with van der Waals surface area (Å²) in [7, 11) is 0. The summed E-state index contributed by atoms with van der Waals surface area (Å²) in [5.41, 5.74) is 0. The average Bonchev–Trinajstić information content (AvgIpc) is 3.14. The third kappa shape index (κ3) is 4.37. The molecule has 0 radical (unpaired) electrons. The highest BCUT2D eigenvalue weighted by atomic mass is 16.5. The molecule has 1 saturated carbocycles. The van der Waals surface area contributed by atoms with Crippen LogP contribution in [0.2, 0.25) is 0 Å². The predicted molar refractivity (Wildman–Crippen MR) is 73.4 cm³/mol. The van der Waals surface area contributed by atoms with E-state index in [9.17, 15) is 9.59 Å². The molecule has 0 aromatic heterocycles. The highest BCUT2D eigenvalue weighted by molar-refractivity contribution is 5.77. The Morgan fingerprint density at radius 2 is 2.10 bits per heavy atom. The van der Waals surface area contributed by atoms with E-state index in [4.69, 9.17) is 9.84 Å². The minimum atomic E-state index is -0.818. The van der Waals surface area contributed by atoms with Gasteiger partial charge in [-0.25, -0.2) is 4.79 Å². The van der Waals surface area contributed by atoms with Gasteiger partial charge < -0.3 is 20.1 Å². The lowest BCUT2D eigenvalue weighted by Crippen LogP contribution is -2.39. The first-order valence-electron chi connectivity index (χ1n) is 7.41. The van der Waals surface area contributed by atoms with Gasteiger partial charge in [0.2, 0.25) is 0 Å². The van der Waals surface area contributed by atoms with E-state index in [0.29, 0.717) is 26.2 Å². The van der Waals surface area contributed by atoms with Crippen LogP contribution in [0.4, 0.5) is 4.79 Å². The predicted octanol–water partition coefficient (Wildman–Crippen LogP) is 1.17. The van der Waals surface area contributed by atoms with Crippen molar-refractivity contribution in [1.82, 2.24) is 10.2 Å². The monoisotopic (exact) mass is 284 g/mol. The number of nitrogens with one attached hydrogen (secondary N) is 1. The topological polar surface area (TPSA) is 78.9 Å². The number of hydrogen-bond donors (Lipinski definition) is 2. The van der Waals surface area contributed by atoms with Crippen molar-refractivity contribution in [3.8, 4) is 0 Å². The van der Waals surface area contributed by atoms with E-state index in [1.54, 1.807) is 4.90 Å². The van der Waals surface area contributed by atoms with Crippen LogP contribution in [-0.2, 0) is 9.53 Å². The Morgan fingerprint density at radius 3 is 2.70 bits per heavy atom. The number of likely N-dealkylation sites (tertiary alicyclic amines) is 1. The van der Waals surface area contributed by atoms with Gasteiger partial charge in [-0.05, 0) is 31.1 Å². The molecule has 6 heteroatoms. The fourth-order valence-electron chi connectivity index (χ4n) is 2.47. The van der Waals surface area contributed by atoms with Gasteiger partial charge in [-0.3, -0.25) is 4.79 Å². The minimum Gasteiger partial charge on any atom is -0.481 e. The van der Waals surface area contributed by atoms with Crippen LogP contribution in [0.25, 0.3) is 0 Å². The normalized spacial score (nSPS) is 25.8. The Labute approximate surface area is 119 Å². The second kappa shape index (κ2) is 6.92. The first kappa shape index (κ1) is 15.1. The molecule has 2 unspecified atom stereocenters. The van der Waals surface area contributed by atoms with E-state index < -0.39 is 11.9 Å². The minimum absolute atomic E-state index is 0.0140. The van der Waals surface area contributed by atoms with Gasteiger partial charge >= 0.3 is 12.0 Å². The number of nitrogens with zero attached hydrogens (tertiary/aromatic N) is 1. The fraction of sp³-hybridized carbons (Fsp3) is 0.857. The van der Waals surface area contributed by atoms with Crippen molar-refractivity contribution in [2.24, 2.45) is 17.8 Å². The molecule has 1 aliphatic carbocycles. The van der Waals surface area contributed by atoms with Gasteiger partial charge in [0.25, 0.3) is 0 Å². The molecule has 1 aliphatic heterocycles. The Bertz CT molecular complexity index is 357. The van der Waals surface area contributed by atoms with Crippen LogP contribution in [-0.4, -0.2) is 54.9 Å². The first-order valence-corrected chi connectivity index (χ1v) is 7.41. The van der Waals surface area contributed by atoms with Crippen molar-refractivity contribution in [2.75, 3.05) is 32.8 Å². The number of hydrogen-bond acceptors (Lipinski definition) is 3. The highest BCUT2D eigenvalue weighted by Crippen LogP contribution is 2.28. The van der Waals surface area contributed by atoms with Gasteiger partial charge in [0.05, 0.1) is 5.92 Å². The Balaban J connectivity index is 1.56. The molecule has 6 nitrogen and oxygen atoms in total. The maximum Gasteiger partial charge on any atom is 0.317 e. The van der Waals surface area contributed by atoms with Gasteiger partial charge in [-0.2, -0.15) is 0 Å². The molecule has 1 saturated heterocycles. The largest absolute Gasteiger partial charge is 0.481 e. The lowest BCUT2D eigenvalue weighted by Gasteiger charge is -2.16. The van der Waals surface area contributed by atoms with Crippen molar-refractivity contribution < 1.29 is 19.4 Å². The fourth-order valence-corrected chi connectivity index (χ4v) is 2.47. The summed E-state index contributed by atoms with van der Waals surface area (Å²) in [4.78, 5) is 24.5. The van der Waals surface area contributed by atoms with Gasteiger partial charge in [0, 0.05) is 32.8 Å². The van der Waals surface area contributed by atoms with Gasteiger partial charge in [0.1, 0.15) is 0 Å². The van der Waals surface area contributed by atoms with E-state index in [1.165, 1.54) is 12.8 Å². The lowest BCUT2D eigenvalue weighted by atomic mass is 9.99. The number of urea groups is 1. The zero-order chi connectivity index (χ0) is 14.5. The maximum atomic E-state index is 11.9. The smallest absolute Gasteiger partial charge is 0.317 e. The second-order valence-electron chi connectivity index (χ2n) is 5.93. The summed E-state index contributed by atoms with van der Waals surface area (Å²) in [5.74, 6) is -0.479. The van der Waals surface area contributed by atoms with Crippen LogP contribution < -0.4 is 5.32 Å². The number of carboxylic acid groups (broad SMARTS) is 1. The van der Waals surface area contributed by atoms with Gasteiger partial charge in [-0.1, -0.05) is 6.92 Å².